The lowest BCUT2D eigenvalue weighted by atomic mass is 9.87. The number of rotatable bonds is 1. The normalized spacial score (nSPS) is 33.8. The molecule has 10 heavy (non-hydrogen) atoms. The molecule has 3 N–H and O–H groups in total. The molecule has 0 amide bonds. The zero-order valence-electron chi connectivity index (χ0n) is 6.01. The van der Waals surface area contributed by atoms with E-state index < -0.39 is 0 Å². The Hall–Kier alpha value is -0.0200. The number of nitrogens with one attached hydrogen (secondary N) is 1. The highest BCUT2D eigenvalue weighted by molar-refractivity contribution is 7.96. The molecule has 0 aromatic carbocycles. The molecule has 0 aliphatic heterocycles. The van der Waals surface area contributed by atoms with Crippen molar-refractivity contribution in [3.05, 3.63) is 0 Å². The van der Waals surface area contributed by atoms with Gasteiger partial charge in [0.05, 0.1) is 5.04 Å². The van der Waals surface area contributed by atoms with Crippen LogP contribution >= 0.6 is 12.6 Å². The smallest absolute Gasteiger partial charge is 0.0642 e. The van der Waals surface area contributed by atoms with Crippen LogP contribution in [0.3, 0.4) is 0 Å². The molecule has 3 heteroatoms. The van der Waals surface area contributed by atoms with Crippen molar-refractivity contribution in [2.45, 2.75) is 31.7 Å². The van der Waals surface area contributed by atoms with Crippen molar-refractivity contribution in [1.82, 2.24) is 0 Å². The summed E-state index contributed by atoms with van der Waals surface area (Å²) in [6.07, 6.45) is 4.24. The molecule has 0 aromatic heterocycles. The summed E-state index contributed by atoms with van der Waals surface area (Å²) in [7, 11) is 0. The van der Waals surface area contributed by atoms with E-state index in [1.54, 1.807) is 0 Å². The average molecular weight is 158 g/mol. The first-order chi connectivity index (χ1) is 4.70. The van der Waals surface area contributed by atoms with Crippen molar-refractivity contribution in [3.63, 3.8) is 0 Å². The maximum absolute atomic E-state index is 7.28. The molecule has 0 aromatic rings. The molecule has 0 saturated heterocycles. The Labute approximate surface area is 67.1 Å². The van der Waals surface area contributed by atoms with Gasteiger partial charge < -0.3 is 5.73 Å². The second kappa shape index (κ2) is 3.39. The van der Waals surface area contributed by atoms with Crippen LogP contribution in [0.1, 0.15) is 25.7 Å². The van der Waals surface area contributed by atoms with E-state index in [1.165, 1.54) is 0 Å². The molecule has 0 atom stereocenters. The van der Waals surface area contributed by atoms with Gasteiger partial charge in [-0.25, -0.2) is 0 Å². The maximum atomic E-state index is 7.28. The van der Waals surface area contributed by atoms with Crippen LogP contribution in [-0.2, 0) is 0 Å². The SMILES string of the molecule is N=C(S)[C@H]1CC[C@H](N)CC1. The Balaban J connectivity index is 2.33. The zero-order valence-corrected chi connectivity index (χ0v) is 6.90. The third-order valence-electron chi connectivity index (χ3n) is 2.16. The molecule has 1 aliphatic carbocycles. The summed E-state index contributed by atoms with van der Waals surface area (Å²) in [5, 5.41) is 7.81. The van der Waals surface area contributed by atoms with Crippen LogP contribution in [0.4, 0.5) is 0 Å². The lowest BCUT2D eigenvalue weighted by molar-refractivity contribution is 0.393. The van der Waals surface area contributed by atoms with Crippen LogP contribution in [0.5, 0.6) is 0 Å². The Bertz CT molecular complexity index is 128. The van der Waals surface area contributed by atoms with Crippen LogP contribution < -0.4 is 5.73 Å². The second-order valence-electron chi connectivity index (χ2n) is 3.00. The summed E-state index contributed by atoms with van der Waals surface area (Å²) >= 11 is 4.01. The molecule has 1 saturated carbocycles. The highest BCUT2D eigenvalue weighted by Gasteiger charge is 2.19. The molecule has 1 fully saturated rings. The summed E-state index contributed by atoms with van der Waals surface area (Å²) in [6.45, 7) is 0. The minimum atomic E-state index is 0.379. The highest BCUT2D eigenvalue weighted by Crippen LogP contribution is 2.24. The van der Waals surface area contributed by atoms with Crippen molar-refractivity contribution >= 4 is 17.7 Å². The third kappa shape index (κ3) is 1.99. The van der Waals surface area contributed by atoms with Gasteiger partial charge in [-0.2, -0.15) is 0 Å². The van der Waals surface area contributed by atoms with Crippen LogP contribution in [0.25, 0.3) is 0 Å². The summed E-state index contributed by atoms with van der Waals surface area (Å²) in [5.74, 6) is 0.406. The fourth-order valence-electron chi connectivity index (χ4n) is 1.39. The first-order valence-corrected chi connectivity index (χ1v) is 4.18. The fraction of sp³-hybridized carbons (Fsp3) is 0.857. The van der Waals surface area contributed by atoms with E-state index in [0.717, 1.165) is 25.7 Å². The van der Waals surface area contributed by atoms with Crippen LogP contribution in [0.2, 0.25) is 0 Å². The molecule has 1 aliphatic rings. The van der Waals surface area contributed by atoms with Crippen molar-refractivity contribution in [3.8, 4) is 0 Å². The number of thiol groups is 1. The molecule has 58 valence electrons. The zero-order chi connectivity index (χ0) is 7.56. The van der Waals surface area contributed by atoms with Crippen molar-refractivity contribution < 1.29 is 0 Å². The first kappa shape index (κ1) is 8.08. The highest BCUT2D eigenvalue weighted by atomic mass is 32.1. The Morgan fingerprint density at radius 2 is 1.80 bits per heavy atom. The molecule has 2 nitrogen and oxygen atoms in total. The van der Waals surface area contributed by atoms with E-state index in [2.05, 4.69) is 12.6 Å². The molecule has 0 unspecified atom stereocenters. The van der Waals surface area contributed by atoms with Crippen molar-refractivity contribution in [2.24, 2.45) is 11.7 Å². The summed E-state index contributed by atoms with van der Waals surface area (Å²) in [6, 6.07) is 0.379. The van der Waals surface area contributed by atoms with E-state index in [1.807, 2.05) is 0 Å². The van der Waals surface area contributed by atoms with Crippen LogP contribution in [0, 0.1) is 11.3 Å². The lowest BCUT2D eigenvalue weighted by Crippen LogP contribution is -2.28. The topological polar surface area (TPSA) is 49.9 Å². The number of hydrogen-bond donors (Lipinski definition) is 3. The van der Waals surface area contributed by atoms with Gasteiger partial charge in [0.25, 0.3) is 0 Å². The molecule has 0 radical (unpaired) electrons. The lowest BCUT2D eigenvalue weighted by Gasteiger charge is -2.24. The number of hydrogen-bond acceptors (Lipinski definition) is 2. The molecule has 1 rings (SSSR count). The summed E-state index contributed by atoms with van der Waals surface area (Å²) < 4.78 is 0. The Morgan fingerprint density at radius 3 is 2.20 bits per heavy atom. The van der Waals surface area contributed by atoms with Gasteiger partial charge in [-0.05, 0) is 25.7 Å². The standard InChI is InChI=1S/C7H14N2S/c8-6-3-1-5(2-4-6)7(9)10/h5-6H,1-4,8H2,(H2,9,10)/t5-,6-. The minimum Gasteiger partial charge on any atom is -0.328 e. The van der Waals surface area contributed by atoms with E-state index in [9.17, 15) is 0 Å². The largest absolute Gasteiger partial charge is 0.328 e. The first-order valence-electron chi connectivity index (χ1n) is 3.73. The van der Waals surface area contributed by atoms with Gasteiger partial charge in [0.1, 0.15) is 0 Å². The maximum Gasteiger partial charge on any atom is 0.0642 e. The molecular weight excluding hydrogens is 144 g/mol. The quantitative estimate of drug-likeness (QED) is 0.302. The van der Waals surface area contributed by atoms with Gasteiger partial charge in [0, 0.05) is 12.0 Å². The van der Waals surface area contributed by atoms with E-state index in [-0.39, 0.29) is 0 Å². The molecule has 0 heterocycles. The van der Waals surface area contributed by atoms with Gasteiger partial charge in [-0.1, -0.05) is 0 Å². The van der Waals surface area contributed by atoms with Gasteiger partial charge in [-0.15, -0.1) is 12.6 Å². The Morgan fingerprint density at radius 1 is 1.30 bits per heavy atom. The van der Waals surface area contributed by atoms with Crippen LogP contribution in [-0.4, -0.2) is 11.1 Å². The van der Waals surface area contributed by atoms with Gasteiger partial charge in [-0.3, -0.25) is 5.41 Å². The van der Waals surface area contributed by atoms with Gasteiger partial charge in [0.15, 0.2) is 0 Å². The predicted octanol–water partition coefficient (Wildman–Crippen LogP) is 1.41. The minimum absolute atomic E-state index is 0.379. The summed E-state index contributed by atoms with van der Waals surface area (Å²) in [5.41, 5.74) is 5.70. The van der Waals surface area contributed by atoms with Crippen molar-refractivity contribution in [2.75, 3.05) is 0 Å². The monoisotopic (exact) mass is 158 g/mol. The number of nitrogens with two attached hydrogens (primary N) is 1. The molecule has 0 bridgehead atoms. The predicted molar refractivity (Wildman–Crippen MR) is 46.6 cm³/mol. The van der Waals surface area contributed by atoms with Gasteiger partial charge >= 0.3 is 0 Å². The van der Waals surface area contributed by atoms with Crippen LogP contribution in [0.15, 0.2) is 0 Å². The Kier molecular flexibility index (Phi) is 2.74. The summed E-state index contributed by atoms with van der Waals surface area (Å²) in [4.78, 5) is 0. The third-order valence-corrected chi connectivity index (χ3v) is 2.52. The van der Waals surface area contributed by atoms with E-state index in [0.29, 0.717) is 17.0 Å². The molecule has 0 spiro atoms. The van der Waals surface area contributed by atoms with E-state index >= 15 is 0 Å². The molecular formula is C7H14N2S. The fourth-order valence-corrected chi connectivity index (χ4v) is 1.65. The second-order valence-corrected chi connectivity index (χ2v) is 3.48. The van der Waals surface area contributed by atoms with E-state index in [4.69, 9.17) is 11.1 Å². The average Bonchev–Trinajstić information content (AvgIpc) is 1.88. The van der Waals surface area contributed by atoms with Gasteiger partial charge in [0.2, 0.25) is 0 Å². The van der Waals surface area contributed by atoms with Crippen molar-refractivity contribution in [1.29, 1.82) is 5.41 Å².